The van der Waals surface area contributed by atoms with Crippen molar-refractivity contribution in [2.75, 3.05) is 5.33 Å². The zero-order chi connectivity index (χ0) is 9.10. The minimum Gasteiger partial charge on any atom is -0.369 e. The Bertz CT molecular complexity index is 260. The molecule has 1 aromatic rings. The number of rotatable bonds is 2. The van der Waals surface area contributed by atoms with E-state index in [2.05, 4.69) is 40.2 Å². The largest absolute Gasteiger partial charge is 0.369 e. The van der Waals surface area contributed by atoms with E-state index in [1.165, 1.54) is 12.0 Å². The van der Waals surface area contributed by atoms with Gasteiger partial charge in [-0.25, -0.2) is 0 Å². The van der Waals surface area contributed by atoms with Crippen molar-refractivity contribution in [1.29, 1.82) is 0 Å². The molecule has 0 saturated carbocycles. The second kappa shape index (κ2) is 4.25. The Morgan fingerprint density at radius 3 is 2.62 bits per heavy atom. The van der Waals surface area contributed by atoms with Crippen LogP contribution in [0.4, 0.5) is 0 Å². The lowest BCUT2D eigenvalue weighted by Crippen LogP contribution is -2.07. The minimum absolute atomic E-state index is 0.323. The summed E-state index contributed by atoms with van der Waals surface area (Å²) in [5.74, 6) is 0. The highest BCUT2D eigenvalue weighted by Gasteiger charge is 2.25. The van der Waals surface area contributed by atoms with Gasteiger partial charge in [0.1, 0.15) is 0 Å². The molecule has 2 heteroatoms. The Hall–Kier alpha value is -0.340. The second-order valence-corrected chi connectivity index (χ2v) is 4.04. The molecule has 0 aliphatic carbocycles. The Kier molecular flexibility index (Phi) is 3.01. The summed E-state index contributed by atoms with van der Waals surface area (Å²) in [5.41, 5.74) is 1.31. The first-order valence-electron chi connectivity index (χ1n) is 4.66. The predicted molar refractivity (Wildman–Crippen MR) is 57.1 cm³/mol. The molecule has 1 aliphatic heterocycles. The quantitative estimate of drug-likeness (QED) is 0.722. The topological polar surface area (TPSA) is 9.23 Å². The zero-order valence-electron chi connectivity index (χ0n) is 7.45. The van der Waals surface area contributed by atoms with Crippen molar-refractivity contribution in [3.05, 3.63) is 35.9 Å². The van der Waals surface area contributed by atoms with Crippen LogP contribution in [0, 0.1) is 0 Å². The molecule has 1 saturated heterocycles. The van der Waals surface area contributed by atoms with Gasteiger partial charge >= 0.3 is 0 Å². The van der Waals surface area contributed by atoms with Gasteiger partial charge in [-0.15, -0.1) is 0 Å². The molecule has 2 rings (SSSR count). The minimum atomic E-state index is 0.323. The Morgan fingerprint density at radius 2 is 2.00 bits per heavy atom. The van der Waals surface area contributed by atoms with E-state index in [0.717, 1.165) is 11.8 Å². The molecule has 0 unspecified atom stereocenters. The highest BCUT2D eigenvalue weighted by Crippen LogP contribution is 2.32. The maximum Gasteiger partial charge on any atom is 0.0830 e. The summed E-state index contributed by atoms with van der Waals surface area (Å²) in [6.07, 6.45) is 3.06. The molecule has 1 aromatic carbocycles. The molecule has 1 aliphatic rings. The summed E-state index contributed by atoms with van der Waals surface area (Å²) < 4.78 is 5.85. The molecule has 1 fully saturated rings. The van der Waals surface area contributed by atoms with E-state index < -0.39 is 0 Å². The van der Waals surface area contributed by atoms with Gasteiger partial charge in [-0.05, 0) is 18.4 Å². The number of ether oxygens (including phenoxy) is 1. The van der Waals surface area contributed by atoms with Crippen LogP contribution in [0.2, 0.25) is 0 Å². The Morgan fingerprint density at radius 1 is 1.23 bits per heavy atom. The first-order chi connectivity index (χ1) is 6.40. The molecule has 70 valence electrons. The SMILES string of the molecule is BrC[C@H]1CC[C@H](c2ccccc2)O1. The summed E-state index contributed by atoms with van der Waals surface area (Å²) in [6, 6.07) is 10.5. The monoisotopic (exact) mass is 240 g/mol. The van der Waals surface area contributed by atoms with Crippen molar-refractivity contribution in [2.45, 2.75) is 25.0 Å². The molecule has 1 nitrogen and oxygen atoms in total. The first-order valence-corrected chi connectivity index (χ1v) is 5.78. The van der Waals surface area contributed by atoms with Gasteiger partial charge in [-0.1, -0.05) is 46.3 Å². The molecule has 0 aromatic heterocycles. The molecule has 0 spiro atoms. The van der Waals surface area contributed by atoms with Crippen LogP contribution >= 0.6 is 15.9 Å². The van der Waals surface area contributed by atoms with E-state index in [1.54, 1.807) is 0 Å². The zero-order valence-corrected chi connectivity index (χ0v) is 9.03. The van der Waals surface area contributed by atoms with Gasteiger partial charge in [-0.3, -0.25) is 0 Å². The molecule has 0 bridgehead atoms. The van der Waals surface area contributed by atoms with Crippen molar-refractivity contribution in [1.82, 2.24) is 0 Å². The normalized spacial score (nSPS) is 27.8. The standard InChI is InChI=1S/C11H13BrO/c12-8-10-6-7-11(13-10)9-4-2-1-3-5-9/h1-5,10-11H,6-8H2/t10-,11-/m1/s1. The van der Waals surface area contributed by atoms with Crippen LogP contribution < -0.4 is 0 Å². The van der Waals surface area contributed by atoms with Gasteiger partial charge in [0.05, 0.1) is 12.2 Å². The smallest absolute Gasteiger partial charge is 0.0830 e. The lowest BCUT2D eigenvalue weighted by Gasteiger charge is -2.11. The van der Waals surface area contributed by atoms with Crippen LogP contribution in [-0.4, -0.2) is 11.4 Å². The molecule has 0 N–H and O–H groups in total. The van der Waals surface area contributed by atoms with Gasteiger partial charge in [0.15, 0.2) is 0 Å². The summed E-state index contributed by atoms with van der Waals surface area (Å²) in [6.45, 7) is 0. The predicted octanol–water partition coefficient (Wildman–Crippen LogP) is 3.30. The third-order valence-electron chi connectivity index (χ3n) is 2.45. The Balaban J connectivity index is 2.04. The van der Waals surface area contributed by atoms with Crippen molar-refractivity contribution < 1.29 is 4.74 Å². The highest BCUT2D eigenvalue weighted by molar-refractivity contribution is 9.09. The van der Waals surface area contributed by atoms with Crippen LogP contribution in [-0.2, 0) is 4.74 Å². The molecule has 2 atom stereocenters. The third-order valence-corrected chi connectivity index (χ3v) is 3.17. The van der Waals surface area contributed by atoms with E-state index in [1.807, 2.05) is 6.07 Å². The molecule has 0 radical (unpaired) electrons. The first kappa shape index (κ1) is 9.22. The van der Waals surface area contributed by atoms with Gasteiger partial charge < -0.3 is 4.74 Å². The fourth-order valence-corrected chi connectivity index (χ4v) is 2.21. The van der Waals surface area contributed by atoms with Crippen molar-refractivity contribution in [2.24, 2.45) is 0 Å². The van der Waals surface area contributed by atoms with Gasteiger partial charge in [-0.2, -0.15) is 0 Å². The van der Waals surface area contributed by atoms with E-state index in [9.17, 15) is 0 Å². The van der Waals surface area contributed by atoms with E-state index in [0.29, 0.717) is 12.2 Å². The third kappa shape index (κ3) is 2.12. The van der Waals surface area contributed by atoms with E-state index in [-0.39, 0.29) is 0 Å². The van der Waals surface area contributed by atoms with Gasteiger partial charge in [0.2, 0.25) is 0 Å². The number of halogens is 1. The fraction of sp³-hybridized carbons (Fsp3) is 0.455. The summed E-state index contributed by atoms with van der Waals surface area (Å²) >= 11 is 3.45. The average Bonchev–Trinajstić information content (AvgIpc) is 2.67. The summed E-state index contributed by atoms with van der Waals surface area (Å²) in [5, 5.41) is 0.955. The van der Waals surface area contributed by atoms with Gasteiger partial charge in [0.25, 0.3) is 0 Å². The lowest BCUT2D eigenvalue weighted by molar-refractivity contribution is 0.0588. The number of hydrogen-bond donors (Lipinski definition) is 0. The molecule has 0 amide bonds. The number of hydrogen-bond acceptors (Lipinski definition) is 1. The second-order valence-electron chi connectivity index (χ2n) is 3.39. The van der Waals surface area contributed by atoms with Crippen molar-refractivity contribution in [3.8, 4) is 0 Å². The molecule has 1 heterocycles. The molecule has 13 heavy (non-hydrogen) atoms. The Labute approximate surface area is 87.2 Å². The van der Waals surface area contributed by atoms with Crippen LogP contribution in [0.25, 0.3) is 0 Å². The van der Waals surface area contributed by atoms with Gasteiger partial charge in [0, 0.05) is 5.33 Å². The van der Waals surface area contributed by atoms with E-state index >= 15 is 0 Å². The highest BCUT2D eigenvalue weighted by atomic mass is 79.9. The van der Waals surface area contributed by atoms with Crippen molar-refractivity contribution in [3.63, 3.8) is 0 Å². The summed E-state index contributed by atoms with van der Waals surface area (Å²) in [7, 11) is 0. The van der Waals surface area contributed by atoms with Crippen LogP contribution in [0.3, 0.4) is 0 Å². The van der Waals surface area contributed by atoms with Crippen LogP contribution in [0.1, 0.15) is 24.5 Å². The van der Waals surface area contributed by atoms with Crippen molar-refractivity contribution >= 4 is 15.9 Å². The fourth-order valence-electron chi connectivity index (χ4n) is 1.73. The summed E-state index contributed by atoms with van der Waals surface area (Å²) in [4.78, 5) is 0. The number of alkyl halides is 1. The van der Waals surface area contributed by atoms with E-state index in [4.69, 9.17) is 4.74 Å². The lowest BCUT2D eigenvalue weighted by atomic mass is 10.1. The van der Waals surface area contributed by atoms with Crippen LogP contribution in [0.15, 0.2) is 30.3 Å². The molecular formula is C11H13BrO. The average molecular weight is 241 g/mol. The van der Waals surface area contributed by atoms with Crippen LogP contribution in [0.5, 0.6) is 0 Å². The maximum atomic E-state index is 5.85. The number of benzene rings is 1. The molecular weight excluding hydrogens is 228 g/mol. The maximum absolute atomic E-state index is 5.85.